The second-order valence-electron chi connectivity index (χ2n) is 4.67. The number of aliphatic carboxylic acids is 1. The maximum atomic E-state index is 11.7. The second kappa shape index (κ2) is 5.69. The molecule has 5 heteroatoms. The fourth-order valence-corrected chi connectivity index (χ4v) is 2.23. The highest BCUT2D eigenvalue weighted by Gasteiger charge is 2.33. The predicted octanol–water partition coefficient (Wildman–Crippen LogP) is 1.99. The van der Waals surface area contributed by atoms with Crippen LogP contribution in [0.1, 0.15) is 36.9 Å². The van der Waals surface area contributed by atoms with Crippen LogP contribution in [0, 0.1) is 0 Å². The molecule has 1 fully saturated rings. The van der Waals surface area contributed by atoms with Crippen molar-refractivity contribution in [1.29, 1.82) is 0 Å². The lowest BCUT2D eigenvalue weighted by atomic mass is 10.0. The maximum Gasteiger partial charge on any atom is 0.328 e. The lowest BCUT2D eigenvalue weighted by Gasteiger charge is -2.22. The molecule has 1 unspecified atom stereocenters. The number of amides is 2. The maximum absolute atomic E-state index is 11.7. The minimum Gasteiger partial charge on any atom is -0.478 e. The molecule has 2 amide bonds. The highest BCUT2D eigenvalue weighted by Crippen LogP contribution is 2.26. The van der Waals surface area contributed by atoms with Gasteiger partial charge in [-0.3, -0.25) is 14.5 Å². The Kier molecular flexibility index (Phi) is 3.98. The Labute approximate surface area is 116 Å². The van der Waals surface area contributed by atoms with Crippen LogP contribution >= 0.6 is 0 Å². The van der Waals surface area contributed by atoms with Gasteiger partial charge in [0.05, 0.1) is 6.04 Å². The first-order chi connectivity index (χ1) is 9.49. The summed E-state index contributed by atoms with van der Waals surface area (Å²) in [6, 6.07) is 6.82. The van der Waals surface area contributed by atoms with Crippen LogP contribution < -0.4 is 0 Å². The zero-order chi connectivity index (χ0) is 14.7. The van der Waals surface area contributed by atoms with Crippen LogP contribution in [-0.2, 0) is 14.4 Å². The molecule has 5 nitrogen and oxygen atoms in total. The molecule has 0 spiro atoms. The van der Waals surface area contributed by atoms with Gasteiger partial charge in [0, 0.05) is 18.9 Å². The van der Waals surface area contributed by atoms with Crippen molar-refractivity contribution in [2.75, 3.05) is 0 Å². The largest absolute Gasteiger partial charge is 0.478 e. The summed E-state index contributed by atoms with van der Waals surface area (Å²) in [4.78, 5) is 35.1. The lowest BCUT2D eigenvalue weighted by molar-refractivity contribution is -0.141. The number of hydrogen-bond donors (Lipinski definition) is 1. The van der Waals surface area contributed by atoms with Crippen molar-refractivity contribution in [1.82, 2.24) is 4.90 Å². The highest BCUT2D eigenvalue weighted by atomic mass is 16.4. The normalized spacial score (nSPS) is 16.9. The molecule has 0 aliphatic carbocycles. The molecule has 1 atom stereocenters. The zero-order valence-electron chi connectivity index (χ0n) is 11.1. The third-order valence-electron chi connectivity index (χ3n) is 3.31. The SMILES string of the molecule is CC(c1ccc(C=CC(=O)O)cc1)N1C(=O)CCC1=O. The zero-order valence-corrected chi connectivity index (χ0v) is 11.1. The molecule has 2 rings (SSSR count). The summed E-state index contributed by atoms with van der Waals surface area (Å²) >= 11 is 0. The molecule has 1 aromatic rings. The quantitative estimate of drug-likeness (QED) is 0.672. The van der Waals surface area contributed by atoms with Gasteiger partial charge in [0.1, 0.15) is 0 Å². The van der Waals surface area contributed by atoms with Crippen LogP contribution in [-0.4, -0.2) is 27.8 Å². The molecule has 0 bridgehead atoms. The van der Waals surface area contributed by atoms with E-state index in [4.69, 9.17) is 5.11 Å². The number of carbonyl (C=O) groups is 3. The summed E-state index contributed by atoms with van der Waals surface area (Å²) in [5.41, 5.74) is 1.60. The number of carbonyl (C=O) groups excluding carboxylic acids is 2. The molecule has 1 heterocycles. The van der Waals surface area contributed by atoms with Crippen molar-refractivity contribution in [3.63, 3.8) is 0 Å². The summed E-state index contributed by atoms with van der Waals surface area (Å²) in [6.07, 6.45) is 3.11. The molecular formula is C15H15NO4. The molecule has 0 radical (unpaired) electrons. The summed E-state index contributed by atoms with van der Waals surface area (Å²) in [7, 11) is 0. The number of imide groups is 1. The third kappa shape index (κ3) is 2.93. The van der Waals surface area contributed by atoms with E-state index < -0.39 is 5.97 Å². The van der Waals surface area contributed by atoms with E-state index in [1.165, 1.54) is 11.0 Å². The molecule has 1 saturated heterocycles. The Morgan fingerprint density at radius 3 is 2.25 bits per heavy atom. The fourth-order valence-electron chi connectivity index (χ4n) is 2.23. The number of likely N-dealkylation sites (tertiary alicyclic amines) is 1. The van der Waals surface area contributed by atoms with Crippen LogP contribution in [0.3, 0.4) is 0 Å². The first-order valence-corrected chi connectivity index (χ1v) is 6.35. The van der Waals surface area contributed by atoms with E-state index in [9.17, 15) is 14.4 Å². The van der Waals surface area contributed by atoms with Crippen LogP contribution in [0.15, 0.2) is 30.3 Å². The van der Waals surface area contributed by atoms with Crippen molar-refractivity contribution in [3.8, 4) is 0 Å². The minimum absolute atomic E-state index is 0.141. The van der Waals surface area contributed by atoms with E-state index in [0.717, 1.165) is 17.2 Å². The average Bonchev–Trinajstić information content (AvgIpc) is 2.76. The first-order valence-electron chi connectivity index (χ1n) is 6.35. The number of nitrogens with zero attached hydrogens (tertiary/aromatic N) is 1. The molecule has 1 aromatic carbocycles. The van der Waals surface area contributed by atoms with Crippen molar-refractivity contribution in [2.24, 2.45) is 0 Å². The van der Waals surface area contributed by atoms with Gasteiger partial charge in [-0.1, -0.05) is 24.3 Å². The van der Waals surface area contributed by atoms with Gasteiger partial charge in [0.25, 0.3) is 0 Å². The Bertz CT molecular complexity index is 558. The van der Waals surface area contributed by atoms with Gasteiger partial charge >= 0.3 is 5.97 Å². The van der Waals surface area contributed by atoms with E-state index in [2.05, 4.69) is 0 Å². The highest BCUT2D eigenvalue weighted by molar-refractivity contribution is 6.02. The number of benzene rings is 1. The van der Waals surface area contributed by atoms with Gasteiger partial charge in [-0.05, 0) is 24.1 Å². The first kappa shape index (κ1) is 14.0. The fraction of sp³-hybridized carbons (Fsp3) is 0.267. The van der Waals surface area contributed by atoms with Gasteiger partial charge in [0.15, 0.2) is 0 Å². The second-order valence-corrected chi connectivity index (χ2v) is 4.67. The minimum atomic E-state index is -1.00. The molecule has 0 saturated carbocycles. The van der Waals surface area contributed by atoms with Gasteiger partial charge in [0.2, 0.25) is 11.8 Å². The standard InChI is InChI=1S/C15H15NO4/c1-10(16-13(17)7-8-14(16)18)12-5-2-11(3-6-12)4-9-15(19)20/h2-6,9-10H,7-8H2,1H3,(H,19,20). The molecule has 1 N–H and O–H groups in total. The summed E-state index contributed by atoms with van der Waals surface area (Å²) in [5.74, 6) is -1.29. The number of carboxylic acids is 1. The molecule has 0 aromatic heterocycles. The number of hydrogen-bond acceptors (Lipinski definition) is 3. The van der Waals surface area contributed by atoms with Crippen molar-refractivity contribution in [2.45, 2.75) is 25.8 Å². The van der Waals surface area contributed by atoms with Crippen LogP contribution in [0.25, 0.3) is 6.08 Å². The Morgan fingerprint density at radius 2 is 1.75 bits per heavy atom. The van der Waals surface area contributed by atoms with Gasteiger partial charge in [-0.25, -0.2) is 4.79 Å². The van der Waals surface area contributed by atoms with Crippen LogP contribution in [0.2, 0.25) is 0 Å². The molecule has 20 heavy (non-hydrogen) atoms. The summed E-state index contributed by atoms with van der Waals surface area (Å²) in [5, 5.41) is 8.55. The van der Waals surface area contributed by atoms with Crippen molar-refractivity contribution >= 4 is 23.9 Å². The van der Waals surface area contributed by atoms with E-state index in [1.807, 2.05) is 6.92 Å². The molecular weight excluding hydrogens is 258 g/mol. The third-order valence-corrected chi connectivity index (χ3v) is 3.31. The summed E-state index contributed by atoms with van der Waals surface area (Å²) in [6.45, 7) is 1.81. The number of carboxylic acid groups (broad SMARTS) is 1. The average molecular weight is 273 g/mol. The Hall–Kier alpha value is -2.43. The van der Waals surface area contributed by atoms with E-state index in [-0.39, 0.29) is 30.7 Å². The van der Waals surface area contributed by atoms with Gasteiger partial charge in [-0.2, -0.15) is 0 Å². The smallest absolute Gasteiger partial charge is 0.328 e. The van der Waals surface area contributed by atoms with Gasteiger partial charge < -0.3 is 5.11 Å². The molecule has 1 aliphatic rings. The predicted molar refractivity (Wildman–Crippen MR) is 72.6 cm³/mol. The molecule has 1 aliphatic heterocycles. The monoisotopic (exact) mass is 273 g/mol. The van der Waals surface area contributed by atoms with E-state index in [1.54, 1.807) is 24.3 Å². The summed E-state index contributed by atoms with van der Waals surface area (Å²) < 4.78 is 0. The van der Waals surface area contributed by atoms with Crippen molar-refractivity contribution < 1.29 is 19.5 Å². The van der Waals surface area contributed by atoms with E-state index in [0.29, 0.717) is 0 Å². The van der Waals surface area contributed by atoms with Crippen LogP contribution in [0.4, 0.5) is 0 Å². The Morgan fingerprint density at radius 1 is 1.20 bits per heavy atom. The molecule has 104 valence electrons. The van der Waals surface area contributed by atoms with Gasteiger partial charge in [-0.15, -0.1) is 0 Å². The topological polar surface area (TPSA) is 74.7 Å². The lowest BCUT2D eigenvalue weighted by Crippen LogP contribution is -2.31. The van der Waals surface area contributed by atoms with Crippen molar-refractivity contribution in [3.05, 3.63) is 41.5 Å². The van der Waals surface area contributed by atoms with E-state index >= 15 is 0 Å². The number of rotatable bonds is 4. The Balaban J connectivity index is 2.15. The van der Waals surface area contributed by atoms with Crippen LogP contribution in [0.5, 0.6) is 0 Å².